The Bertz CT molecular complexity index is 304. The van der Waals surface area contributed by atoms with Crippen LogP contribution in [0.25, 0.3) is 0 Å². The summed E-state index contributed by atoms with van der Waals surface area (Å²) >= 11 is -2.14. The fourth-order valence-electron chi connectivity index (χ4n) is 1.78. The third-order valence-electron chi connectivity index (χ3n) is 2.83. The molecule has 0 fully saturated rings. The summed E-state index contributed by atoms with van der Waals surface area (Å²) in [6, 6.07) is 0. The number of nitrogens with zero attached hydrogens (tertiary/aromatic N) is 2. The van der Waals surface area contributed by atoms with Crippen molar-refractivity contribution < 1.29 is 22.4 Å². The normalized spacial score (nSPS) is 16.1. The molecule has 1 atom stereocenters. The Kier molecular flexibility index (Phi) is 9.60. The first-order chi connectivity index (χ1) is 9.72. The van der Waals surface area contributed by atoms with Gasteiger partial charge in [-0.05, 0) is 12.8 Å². The van der Waals surface area contributed by atoms with Crippen LogP contribution in [0.2, 0.25) is 0 Å². The Labute approximate surface area is 123 Å². The Morgan fingerprint density at radius 3 is 2.55 bits per heavy atom. The van der Waals surface area contributed by atoms with Gasteiger partial charge in [-0.15, -0.1) is 0 Å². The molecule has 0 aromatic rings. The highest BCUT2D eigenvalue weighted by molar-refractivity contribution is 7.74. The molecule has 0 saturated heterocycles. The van der Waals surface area contributed by atoms with E-state index < -0.39 is 11.4 Å². The second-order valence-electron chi connectivity index (χ2n) is 4.42. The summed E-state index contributed by atoms with van der Waals surface area (Å²) in [5.74, 6) is 0. The van der Waals surface area contributed by atoms with Gasteiger partial charge < -0.3 is 19.3 Å². The molecule has 1 N–H and O–H groups in total. The van der Waals surface area contributed by atoms with Gasteiger partial charge in [0.05, 0.1) is 33.1 Å². The molecule has 118 valence electrons. The molecule has 0 saturated carbocycles. The Morgan fingerprint density at radius 1 is 1.10 bits per heavy atom. The lowest BCUT2D eigenvalue weighted by atomic mass is 10.3. The van der Waals surface area contributed by atoms with Crippen molar-refractivity contribution in [3.8, 4) is 0 Å². The molecule has 1 heterocycles. The number of ether oxygens (including phenoxy) is 2. The van der Waals surface area contributed by atoms with E-state index in [4.69, 9.17) is 14.0 Å². The summed E-state index contributed by atoms with van der Waals surface area (Å²) in [7, 11) is 1.66. The minimum Gasteiger partial charge on any atom is -0.382 e. The fraction of sp³-hybridized carbons (Fsp3) is 0.833. The molecule has 20 heavy (non-hydrogen) atoms. The van der Waals surface area contributed by atoms with E-state index in [1.54, 1.807) is 7.11 Å². The summed E-state index contributed by atoms with van der Waals surface area (Å²) in [5, 5.41) is 0. The molecule has 1 aliphatic heterocycles. The lowest BCUT2D eigenvalue weighted by molar-refractivity contribution is 0.0607. The summed E-state index contributed by atoms with van der Waals surface area (Å²) in [6.07, 6.45) is 5.82. The van der Waals surface area contributed by atoms with Crippen molar-refractivity contribution in [2.24, 2.45) is 0 Å². The lowest BCUT2D eigenvalue weighted by Crippen LogP contribution is -2.28. The smallest absolute Gasteiger partial charge is 0.301 e. The van der Waals surface area contributed by atoms with E-state index in [-0.39, 0.29) is 0 Å². The average molecular weight is 308 g/mol. The largest absolute Gasteiger partial charge is 0.382 e. The molecule has 0 amide bonds. The molecule has 0 radical (unpaired) electrons. The van der Waals surface area contributed by atoms with E-state index in [1.807, 2.05) is 0 Å². The number of hydrogen-bond acceptors (Lipinski definition) is 6. The van der Waals surface area contributed by atoms with Gasteiger partial charge in [-0.1, -0.05) is 0 Å². The maximum Gasteiger partial charge on any atom is 0.301 e. The molecular weight excluding hydrogens is 284 g/mol. The molecule has 0 aliphatic carbocycles. The quantitative estimate of drug-likeness (QED) is 0.419. The molecule has 0 spiro atoms. The van der Waals surface area contributed by atoms with Gasteiger partial charge in [-0.3, -0.25) is 8.74 Å². The van der Waals surface area contributed by atoms with Crippen molar-refractivity contribution >= 4 is 11.4 Å². The third-order valence-corrected chi connectivity index (χ3v) is 3.20. The zero-order chi connectivity index (χ0) is 14.6. The summed E-state index contributed by atoms with van der Waals surface area (Å²) < 4.78 is 33.6. The Morgan fingerprint density at radius 2 is 1.85 bits per heavy atom. The maximum atomic E-state index is 10.3. The zero-order valence-electron chi connectivity index (χ0n) is 11.9. The highest BCUT2D eigenvalue weighted by Crippen LogP contribution is 2.07. The molecule has 1 unspecified atom stereocenters. The zero-order valence-corrected chi connectivity index (χ0v) is 12.7. The fourth-order valence-corrected chi connectivity index (χ4v) is 2.04. The van der Waals surface area contributed by atoms with Gasteiger partial charge in [-0.2, -0.15) is 4.21 Å². The first-order valence-electron chi connectivity index (χ1n) is 6.69. The van der Waals surface area contributed by atoms with E-state index in [9.17, 15) is 4.21 Å². The SMILES string of the molecule is COCCOCCN1C=CN(CCCCOS(=O)O)C1. The average Bonchev–Trinajstić information content (AvgIpc) is 2.86. The van der Waals surface area contributed by atoms with Crippen LogP contribution in [0, 0.1) is 0 Å². The van der Waals surface area contributed by atoms with E-state index in [2.05, 4.69) is 26.4 Å². The van der Waals surface area contributed by atoms with Gasteiger partial charge in [0, 0.05) is 32.6 Å². The van der Waals surface area contributed by atoms with Crippen molar-refractivity contribution in [2.45, 2.75) is 12.8 Å². The molecule has 7 nitrogen and oxygen atoms in total. The van der Waals surface area contributed by atoms with Gasteiger partial charge in [0.15, 0.2) is 0 Å². The molecule has 0 bridgehead atoms. The van der Waals surface area contributed by atoms with Crippen molar-refractivity contribution in [3.05, 3.63) is 12.4 Å². The van der Waals surface area contributed by atoms with E-state index >= 15 is 0 Å². The molecule has 8 heteroatoms. The van der Waals surface area contributed by atoms with Gasteiger partial charge in [-0.25, -0.2) is 0 Å². The lowest BCUT2D eigenvalue weighted by Gasteiger charge is -2.21. The molecule has 1 rings (SSSR count). The van der Waals surface area contributed by atoms with E-state index in [0.717, 1.165) is 32.6 Å². The van der Waals surface area contributed by atoms with Crippen molar-refractivity contribution in [3.63, 3.8) is 0 Å². The van der Waals surface area contributed by atoms with Crippen LogP contribution >= 0.6 is 0 Å². The molecule has 1 aliphatic rings. The second-order valence-corrected chi connectivity index (χ2v) is 5.09. The monoisotopic (exact) mass is 308 g/mol. The van der Waals surface area contributed by atoms with Crippen LogP contribution < -0.4 is 0 Å². The predicted molar refractivity (Wildman–Crippen MR) is 76.1 cm³/mol. The topological polar surface area (TPSA) is 71.5 Å². The minimum atomic E-state index is -2.14. The Hall–Kier alpha value is -0.670. The highest BCUT2D eigenvalue weighted by Gasteiger charge is 2.11. The summed E-state index contributed by atoms with van der Waals surface area (Å²) in [5.41, 5.74) is 0. The number of hydrogen-bond donors (Lipinski definition) is 1. The van der Waals surface area contributed by atoms with Gasteiger partial charge in [0.25, 0.3) is 0 Å². The first kappa shape index (κ1) is 17.4. The van der Waals surface area contributed by atoms with Gasteiger partial charge in [0.2, 0.25) is 0 Å². The van der Waals surface area contributed by atoms with Crippen LogP contribution in [-0.4, -0.2) is 71.9 Å². The van der Waals surface area contributed by atoms with Crippen LogP contribution in [0.4, 0.5) is 0 Å². The third kappa shape index (κ3) is 8.49. The Balaban J connectivity index is 1.95. The summed E-state index contributed by atoms with van der Waals surface area (Å²) in [6.45, 7) is 4.91. The first-order valence-corrected chi connectivity index (χ1v) is 7.73. The number of methoxy groups -OCH3 is 1. The van der Waals surface area contributed by atoms with Crippen LogP contribution in [0.5, 0.6) is 0 Å². The van der Waals surface area contributed by atoms with Crippen molar-refractivity contribution in [2.75, 3.05) is 53.3 Å². The number of rotatable bonds is 12. The van der Waals surface area contributed by atoms with E-state index in [0.29, 0.717) is 26.4 Å². The van der Waals surface area contributed by atoms with Crippen LogP contribution in [0.15, 0.2) is 12.4 Å². The maximum absolute atomic E-state index is 10.3. The predicted octanol–water partition coefficient (Wildman–Crippen LogP) is 0.629. The highest BCUT2D eigenvalue weighted by atomic mass is 32.2. The van der Waals surface area contributed by atoms with E-state index in [1.165, 1.54) is 0 Å². The molecule has 0 aromatic carbocycles. The van der Waals surface area contributed by atoms with Gasteiger partial charge >= 0.3 is 11.4 Å². The number of unbranched alkanes of at least 4 members (excludes halogenated alkanes) is 1. The van der Waals surface area contributed by atoms with Crippen LogP contribution in [0.1, 0.15) is 12.8 Å². The standard InChI is InChI=1S/C12H24N2O5S/c1-17-10-11-18-9-7-14-6-5-13(12-14)4-2-3-8-19-20(15)16/h5-6H,2-4,7-12H2,1H3,(H,15,16). The van der Waals surface area contributed by atoms with Crippen LogP contribution in [-0.2, 0) is 25.0 Å². The molecular formula is C12H24N2O5S. The van der Waals surface area contributed by atoms with Crippen LogP contribution in [0.3, 0.4) is 0 Å². The van der Waals surface area contributed by atoms with Crippen molar-refractivity contribution in [1.29, 1.82) is 0 Å². The molecule has 0 aromatic heterocycles. The second kappa shape index (κ2) is 11.0. The summed E-state index contributed by atoms with van der Waals surface area (Å²) in [4.78, 5) is 4.39. The van der Waals surface area contributed by atoms with Gasteiger partial charge in [0.1, 0.15) is 0 Å². The van der Waals surface area contributed by atoms with Crippen molar-refractivity contribution in [1.82, 2.24) is 9.80 Å². The minimum absolute atomic E-state index is 0.317.